The molecule has 1 saturated carbocycles. The van der Waals surface area contributed by atoms with Crippen molar-refractivity contribution in [2.75, 3.05) is 5.32 Å². The number of halogens is 1. The molecular weight excluding hydrogens is 498 g/mol. The van der Waals surface area contributed by atoms with E-state index in [4.69, 9.17) is 20.9 Å². The SMILES string of the molecule is CC(OC(=O)Nc1c(C#N)noc1-c1cc2sc(C3(C(=O)O)CC3)cc2s1)c1ccccc1Cl. The number of thiophene rings is 2. The number of fused-ring (bicyclic) bond motifs is 1. The minimum atomic E-state index is -0.799. The fraction of sp³-hybridized carbons (Fsp3) is 0.217. The predicted octanol–water partition coefficient (Wildman–Crippen LogP) is 6.57. The maximum Gasteiger partial charge on any atom is 0.412 e. The second-order valence-electron chi connectivity index (χ2n) is 7.88. The molecule has 1 atom stereocenters. The van der Waals surface area contributed by atoms with E-state index in [9.17, 15) is 20.0 Å². The molecule has 1 amide bonds. The van der Waals surface area contributed by atoms with Crippen LogP contribution in [0.1, 0.15) is 42.0 Å². The topological polar surface area (TPSA) is 125 Å². The number of ether oxygens (including phenoxy) is 1. The average Bonchev–Trinajstić information content (AvgIpc) is 3.16. The van der Waals surface area contributed by atoms with Gasteiger partial charge in [-0.3, -0.25) is 10.1 Å². The first-order valence-corrected chi connectivity index (χ1v) is 12.2. The largest absolute Gasteiger partial charge is 0.481 e. The molecule has 1 unspecified atom stereocenters. The fourth-order valence-electron chi connectivity index (χ4n) is 3.69. The van der Waals surface area contributed by atoms with Gasteiger partial charge in [-0.15, -0.1) is 22.7 Å². The standard InChI is InChI=1S/C23H16ClN3O5S2/c1-11(12-4-2-3-5-13(12)24)31-22(30)26-19-14(10-25)27-32-20(19)17-8-15-16(33-17)9-18(34-15)23(6-7-23)21(28)29/h2-5,8-9,11H,6-7H2,1H3,(H,26,30)(H,28,29). The van der Waals surface area contributed by atoms with Gasteiger partial charge in [-0.05, 0) is 38.0 Å². The number of carboxylic acids is 1. The monoisotopic (exact) mass is 513 g/mol. The number of carbonyl (C=O) groups excluding carboxylic acids is 1. The number of carbonyl (C=O) groups is 2. The second kappa shape index (κ2) is 8.43. The van der Waals surface area contributed by atoms with Crippen LogP contribution in [-0.2, 0) is 14.9 Å². The van der Waals surface area contributed by atoms with Crippen molar-refractivity contribution in [3.63, 3.8) is 0 Å². The summed E-state index contributed by atoms with van der Waals surface area (Å²) in [7, 11) is 0. The molecule has 2 N–H and O–H groups in total. The van der Waals surface area contributed by atoms with Crippen LogP contribution in [0.3, 0.4) is 0 Å². The third-order valence-corrected chi connectivity index (χ3v) is 8.55. The van der Waals surface area contributed by atoms with Crippen LogP contribution in [0.25, 0.3) is 20.0 Å². The Labute approximate surface area is 206 Å². The van der Waals surface area contributed by atoms with Crippen molar-refractivity contribution in [1.82, 2.24) is 5.16 Å². The van der Waals surface area contributed by atoms with Gasteiger partial charge in [0.05, 0.1) is 4.88 Å². The van der Waals surface area contributed by atoms with E-state index in [1.54, 1.807) is 31.2 Å². The number of nitrogens with zero attached hydrogens (tertiary/aromatic N) is 2. The Balaban J connectivity index is 1.39. The van der Waals surface area contributed by atoms with Crippen LogP contribution in [0.5, 0.6) is 0 Å². The molecule has 172 valence electrons. The van der Waals surface area contributed by atoms with Crippen molar-refractivity contribution < 1.29 is 24.0 Å². The van der Waals surface area contributed by atoms with Crippen molar-refractivity contribution in [2.24, 2.45) is 0 Å². The summed E-state index contributed by atoms with van der Waals surface area (Å²) >= 11 is 8.97. The van der Waals surface area contributed by atoms with Gasteiger partial charge in [-0.1, -0.05) is 35.0 Å². The summed E-state index contributed by atoms with van der Waals surface area (Å²) in [5.41, 5.74) is -0.0947. The van der Waals surface area contributed by atoms with E-state index in [0.29, 0.717) is 28.3 Å². The number of hydrogen-bond acceptors (Lipinski definition) is 8. The first-order chi connectivity index (χ1) is 16.3. The van der Waals surface area contributed by atoms with Crippen LogP contribution >= 0.6 is 34.3 Å². The molecule has 11 heteroatoms. The van der Waals surface area contributed by atoms with E-state index in [1.165, 1.54) is 22.7 Å². The quantitative estimate of drug-likeness (QED) is 0.298. The predicted molar refractivity (Wildman–Crippen MR) is 128 cm³/mol. The number of nitrogens with one attached hydrogen (secondary N) is 1. The normalized spacial score (nSPS) is 15.0. The minimum absolute atomic E-state index is 0.0856. The fourth-order valence-corrected chi connectivity index (χ4v) is 6.59. The first-order valence-electron chi connectivity index (χ1n) is 10.2. The number of amides is 1. The lowest BCUT2D eigenvalue weighted by Crippen LogP contribution is -2.17. The highest BCUT2D eigenvalue weighted by Gasteiger charge is 2.53. The Hall–Kier alpha value is -3.39. The van der Waals surface area contributed by atoms with Gasteiger partial charge in [0.2, 0.25) is 11.5 Å². The van der Waals surface area contributed by atoms with Crippen molar-refractivity contribution in [3.8, 4) is 16.7 Å². The Kier molecular flexibility index (Phi) is 5.56. The van der Waals surface area contributed by atoms with Crippen LogP contribution < -0.4 is 5.32 Å². The lowest BCUT2D eigenvalue weighted by Gasteiger charge is -2.15. The molecule has 0 saturated heterocycles. The highest BCUT2D eigenvalue weighted by Crippen LogP contribution is 2.53. The molecule has 0 bridgehead atoms. The Morgan fingerprint density at radius 3 is 2.68 bits per heavy atom. The van der Waals surface area contributed by atoms with Gasteiger partial charge < -0.3 is 14.4 Å². The molecule has 0 aliphatic heterocycles. The molecule has 1 fully saturated rings. The zero-order valence-electron chi connectivity index (χ0n) is 17.6. The third-order valence-electron chi connectivity index (χ3n) is 5.71. The highest BCUT2D eigenvalue weighted by molar-refractivity contribution is 7.29. The Morgan fingerprint density at radius 2 is 2.03 bits per heavy atom. The van der Waals surface area contributed by atoms with Gasteiger partial charge in [-0.2, -0.15) is 5.26 Å². The summed E-state index contributed by atoms with van der Waals surface area (Å²) in [6, 6.07) is 12.7. The number of anilines is 1. The average molecular weight is 514 g/mol. The number of hydrogen-bond donors (Lipinski definition) is 2. The van der Waals surface area contributed by atoms with Crippen molar-refractivity contribution in [3.05, 3.63) is 57.6 Å². The molecule has 1 aromatic carbocycles. The molecule has 3 heterocycles. The van der Waals surface area contributed by atoms with Gasteiger partial charge in [0.1, 0.15) is 23.3 Å². The molecular formula is C23H16ClN3O5S2. The lowest BCUT2D eigenvalue weighted by atomic mass is 10.1. The van der Waals surface area contributed by atoms with Crippen LogP contribution in [0, 0.1) is 11.3 Å². The van der Waals surface area contributed by atoms with E-state index in [1.807, 2.05) is 18.2 Å². The first kappa shape index (κ1) is 22.4. The summed E-state index contributed by atoms with van der Waals surface area (Å²) in [6.45, 7) is 1.69. The highest BCUT2D eigenvalue weighted by atomic mass is 35.5. The molecule has 5 rings (SSSR count). The van der Waals surface area contributed by atoms with E-state index >= 15 is 0 Å². The molecule has 8 nitrogen and oxygen atoms in total. The number of aromatic nitrogens is 1. The zero-order chi connectivity index (χ0) is 24.0. The zero-order valence-corrected chi connectivity index (χ0v) is 20.0. The van der Waals surface area contributed by atoms with Crippen molar-refractivity contribution >= 4 is 61.4 Å². The van der Waals surface area contributed by atoms with Crippen LogP contribution in [0.2, 0.25) is 5.02 Å². The molecule has 4 aromatic rings. The van der Waals surface area contributed by atoms with E-state index < -0.39 is 23.6 Å². The molecule has 1 aliphatic carbocycles. The summed E-state index contributed by atoms with van der Waals surface area (Å²) in [6.07, 6.45) is -0.137. The third kappa shape index (κ3) is 3.81. The van der Waals surface area contributed by atoms with Crippen LogP contribution in [0.15, 0.2) is 40.9 Å². The van der Waals surface area contributed by atoms with E-state index in [0.717, 1.165) is 14.3 Å². The van der Waals surface area contributed by atoms with Gasteiger partial charge >= 0.3 is 12.1 Å². The number of rotatable bonds is 6. The Morgan fingerprint density at radius 1 is 1.29 bits per heavy atom. The summed E-state index contributed by atoms with van der Waals surface area (Å²) in [5, 5.41) is 25.8. The van der Waals surface area contributed by atoms with Gasteiger partial charge in [0.15, 0.2) is 0 Å². The Bertz CT molecular complexity index is 1450. The molecule has 34 heavy (non-hydrogen) atoms. The van der Waals surface area contributed by atoms with Crippen molar-refractivity contribution in [1.29, 1.82) is 5.26 Å². The minimum Gasteiger partial charge on any atom is -0.481 e. The number of aliphatic carboxylic acids is 1. The maximum atomic E-state index is 12.6. The van der Waals surface area contributed by atoms with Crippen molar-refractivity contribution in [2.45, 2.75) is 31.3 Å². The molecule has 1 aliphatic rings. The van der Waals surface area contributed by atoms with Gasteiger partial charge in [-0.25, -0.2) is 4.79 Å². The number of nitriles is 1. The summed E-state index contributed by atoms with van der Waals surface area (Å²) < 4.78 is 12.6. The van der Waals surface area contributed by atoms with E-state index in [2.05, 4.69) is 10.5 Å². The summed E-state index contributed by atoms with van der Waals surface area (Å²) in [4.78, 5) is 25.7. The van der Waals surface area contributed by atoms with E-state index in [-0.39, 0.29) is 17.1 Å². The lowest BCUT2D eigenvalue weighted by molar-refractivity contribution is -0.139. The number of benzene rings is 1. The molecule has 0 spiro atoms. The number of carboxylic acid groups (broad SMARTS) is 1. The van der Waals surface area contributed by atoms with Crippen LogP contribution in [0.4, 0.5) is 10.5 Å². The molecule has 0 radical (unpaired) electrons. The second-order valence-corrected chi connectivity index (χ2v) is 10.5. The maximum absolute atomic E-state index is 12.6. The summed E-state index contributed by atoms with van der Waals surface area (Å²) in [5.74, 6) is -0.570. The smallest absolute Gasteiger partial charge is 0.412 e. The van der Waals surface area contributed by atoms with Crippen LogP contribution in [-0.4, -0.2) is 22.3 Å². The molecule has 3 aromatic heterocycles. The van der Waals surface area contributed by atoms with Gasteiger partial charge in [0.25, 0.3) is 0 Å². The van der Waals surface area contributed by atoms with Gasteiger partial charge in [0, 0.05) is 24.9 Å².